The number of carbonyl (C=O) groups excluding carboxylic acids is 1. The molecule has 1 aliphatic rings. The van der Waals surface area contributed by atoms with Crippen LogP contribution < -0.4 is 5.32 Å². The van der Waals surface area contributed by atoms with Gasteiger partial charge in [-0.15, -0.1) is 0 Å². The summed E-state index contributed by atoms with van der Waals surface area (Å²) < 4.78 is 35.1. The number of nitrogens with one attached hydrogen (secondary N) is 1. The van der Waals surface area contributed by atoms with Crippen LogP contribution in [0.15, 0.2) is 0 Å². The van der Waals surface area contributed by atoms with Gasteiger partial charge in [0.25, 0.3) is 0 Å². The number of halogens is 3. The number of aliphatic carboxylic acids is 1. The molecule has 0 aromatic rings. The highest BCUT2D eigenvalue weighted by Crippen LogP contribution is 2.40. The molecule has 0 saturated heterocycles. The summed E-state index contributed by atoms with van der Waals surface area (Å²) in [6, 6.07) is 0. The summed E-state index contributed by atoms with van der Waals surface area (Å²) in [7, 11) is 0. The van der Waals surface area contributed by atoms with Crippen LogP contribution in [-0.4, -0.2) is 29.7 Å². The maximum absolute atomic E-state index is 11.7. The van der Waals surface area contributed by atoms with Crippen molar-refractivity contribution in [3.8, 4) is 0 Å². The van der Waals surface area contributed by atoms with Crippen LogP contribution >= 0.6 is 0 Å². The summed E-state index contributed by atoms with van der Waals surface area (Å²) in [6.07, 6.45) is -4.11. The number of hydrogen-bond donors (Lipinski definition) is 2. The zero-order chi connectivity index (χ0) is 11.6. The lowest BCUT2D eigenvalue weighted by Gasteiger charge is -2.06. The van der Waals surface area contributed by atoms with Crippen LogP contribution in [0.5, 0.6) is 0 Å². The quantitative estimate of drug-likeness (QED) is 0.742. The van der Waals surface area contributed by atoms with Crippen molar-refractivity contribution in [3.05, 3.63) is 0 Å². The second-order valence-electron chi connectivity index (χ2n) is 3.48. The first kappa shape index (κ1) is 11.8. The Hall–Kier alpha value is -1.27. The lowest BCUT2D eigenvalue weighted by atomic mass is 10.2. The number of carboxylic acid groups (broad SMARTS) is 1. The number of alkyl halides is 3. The van der Waals surface area contributed by atoms with Gasteiger partial charge in [-0.05, 0) is 18.8 Å². The molecule has 2 N–H and O–H groups in total. The first-order valence-electron chi connectivity index (χ1n) is 4.40. The highest BCUT2D eigenvalue weighted by atomic mass is 19.4. The van der Waals surface area contributed by atoms with E-state index >= 15 is 0 Å². The molecule has 86 valence electrons. The van der Waals surface area contributed by atoms with Gasteiger partial charge in [0.2, 0.25) is 0 Å². The Morgan fingerprint density at radius 2 is 2.00 bits per heavy atom. The average Bonchev–Trinajstić information content (AvgIpc) is 2.81. The summed E-state index contributed by atoms with van der Waals surface area (Å²) in [4.78, 5) is 20.7. The SMILES string of the molecule is O=C(O)[C@@H]1C[C@H]1CCNC(=O)C(F)(F)F. The van der Waals surface area contributed by atoms with Crippen LogP contribution in [0.3, 0.4) is 0 Å². The second-order valence-corrected chi connectivity index (χ2v) is 3.48. The molecule has 15 heavy (non-hydrogen) atoms. The molecule has 1 rings (SSSR count). The van der Waals surface area contributed by atoms with Gasteiger partial charge in [0.1, 0.15) is 0 Å². The van der Waals surface area contributed by atoms with E-state index in [4.69, 9.17) is 5.11 Å². The van der Waals surface area contributed by atoms with Crippen LogP contribution in [0.25, 0.3) is 0 Å². The zero-order valence-electron chi connectivity index (χ0n) is 7.67. The molecule has 1 aliphatic carbocycles. The molecule has 0 unspecified atom stereocenters. The van der Waals surface area contributed by atoms with Gasteiger partial charge in [0.15, 0.2) is 0 Å². The first-order valence-corrected chi connectivity index (χ1v) is 4.40. The molecule has 0 aliphatic heterocycles. The molecule has 0 spiro atoms. The smallest absolute Gasteiger partial charge is 0.471 e. The van der Waals surface area contributed by atoms with Crippen molar-refractivity contribution in [1.29, 1.82) is 0 Å². The van der Waals surface area contributed by atoms with Crippen molar-refractivity contribution in [2.75, 3.05) is 6.54 Å². The van der Waals surface area contributed by atoms with Crippen LogP contribution in [0, 0.1) is 11.8 Å². The Kier molecular flexibility index (Phi) is 3.21. The van der Waals surface area contributed by atoms with E-state index in [2.05, 4.69) is 0 Å². The van der Waals surface area contributed by atoms with Crippen LogP contribution in [0.4, 0.5) is 13.2 Å². The second kappa shape index (κ2) is 4.08. The highest BCUT2D eigenvalue weighted by molar-refractivity contribution is 5.81. The third-order valence-corrected chi connectivity index (χ3v) is 2.30. The molecular weight excluding hydrogens is 215 g/mol. The van der Waals surface area contributed by atoms with E-state index in [0.29, 0.717) is 6.42 Å². The molecule has 2 atom stereocenters. The molecule has 0 radical (unpaired) electrons. The Balaban J connectivity index is 2.14. The Bertz CT molecular complexity index is 277. The molecule has 7 heteroatoms. The van der Waals surface area contributed by atoms with Crippen LogP contribution in [-0.2, 0) is 9.59 Å². The molecule has 1 fully saturated rings. The van der Waals surface area contributed by atoms with Gasteiger partial charge < -0.3 is 10.4 Å². The largest absolute Gasteiger partial charge is 0.481 e. The third kappa shape index (κ3) is 3.41. The monoisotopic (exact) mass is 225 g/mol. The summed E-state index contributed by atoms with van der Waals surface area (Å²) >= 11 is 0. The fourth-order valence-corrected chi connectivity index (χ4v) is 1.34. The Labute approximate surface area is 83.5 Å². The van der Waals surface area contributed by atoms with Crippen molar-refractivity contribution in [3.63, 3.8) is 0 Å². The topological polar surface area (TPSA) is 66.4 Å². The van der Waals surface area contributed by atoms with Crippen molar-refractivity contribution < 1.29 is 27.9 Å². The van der Waals surface area contributed by atoms with Crippen LogP contribution in [0.2, 0.25) is 0 Å². The first-order chi connectivity index (χ1) is 6.82. The van der Waals surface area contributed by atoms with E-state index in [1.165, 1.54) is 0 Å². The normalized spacial score (nSPS) is 24.7. The Morgan fingerprint density at radius 1 is 1.40 bits per heavy atom. The van der Waals surface area contributed by atoms with Crippen molar-refractivity contribution in [2.45, 2.75) is 19.0 Å². The average molecular weight is 225 g/mol. The minimum atomic E-state index is -4.87. The van der Waals surface area contributed by atoms with E-state index < -0.39 is 24.0 Å². The molecule has 1 amide bonds. The molecule has 0 bridgehead atoms. The number of carboxylic acids is 1. The van der Waals surface area contributed by atoms with Crippen molar-refractivity contribution >= 4 is 11.9 Å². The fraction of sp³-hybridized carbons (Fsp3) is 0.750. The predicted octanol–water partition coefficient (Wildman–Crippen LogP) is 0.776. The van der Waals surface area contributed by atoms with E-state index in [1.807, 2.05) is 0 Å². The van der Waals surface area contributed by atoms with Gasteiger partial charge in [-0.2, -0.15) is 13.2 Å². The molecule has 0 aromatic carbocycles. The molecule has 4 nitrogen and oxygen atoms in total. The van der Waals surface area contributed by atoms with Gasteiger partial charge in [0, 0.05) is 6.54 Å². The zero-order valence-corrected chi connectivity index (χ0v) is 7.67. The standard InChI is InChI=1S/C8H10F3NO3/c9-8(10,11)7(15)12-2-1-4-3-5(4)6(13)14/h4-5H,1-3H2,(H,12,15)(H,13,14)/t4-,5-/m1/s1. The maximum atomic E-state index is 11.7. The lowest BCUT2D eigenvalue weighted by Crippen LogP contribution is -2.37. The molecule has 1 saturated carbocycles. The van der Waals surface area contributed by atoms with E-state index in [1.54, 1.807) is 5.32 Å². The van der Waals surface area contributed by atoms with Gasteiger partial charge in [-0.1, -0.05) is 0 Å². The molecule has 0 heterocycles. The van der Waals surface area contributed by atoms with Gasteiger partial charge in [-0.3, -0.25) is 9.59 Å². The molecule has 0 aromatic heterocycles. The number of hydrogen-bond acceptors (Lipinski definition) is 2. The van der Waals surface area contributed by atoms with Gasteiger partial charge in [0.05, 0.1) is 5.92 Å². The summed E-state index contributed by atoms with van der Waals surface area (Å²) in [5.74, 6) is -3.46. The number of amides is 1. The molecular formula is C8H10F3NO3. The maximum Gasteiger partial charge on any atom is 0.471 e. The van der Waals surface area contributed by atoms with Crippen molar-refractivity contribution in [2.24, 2.45) is 11.8 Å². The van der Waals surface area contributed by atoms with Crippen molar-refractivity contribution in [1.82, 2.24) is 5.32 Å². The van der Waals surface area contributed by atoms with E-state index in [9.17, 15) is 22.8 Å². The van der Waals surface area contributed by atoms with Gasteiger partial charge >= 0.3 is 18.1 Å². The number of carbonyl (C=O) groups is 2. The summed E-state index contributed by atoms with van der Waals surface area (Å²) in [5, 5.41) is 10.2. The minimum absolute atomic E-state index is 0.101. The fourth-order valence-electron chi connectivity index (χ4n) is 1.34. The van der Waals surface area contributed by atoms with E-state index in [0.717, 1.165) is 0 Å². The number of rotatable bonds is 4. The lowest BCUT2D eigenvalue weighted by molar-refractivity contribution is -0.173. The Morgan fingerprint density at radius 3 is 2.40 bits per heavy atom. The van der Waals surface area contributed by atoms with Gasteiger partial charge in [-0.25, -0.2) is 0 Å². The predicted molar refractivity (Wildman–Crippen MR) is 42.9 cm³/mol. The summed E-state index contributed by atoms with van der Waals surface area (Å²) in [6.45, 7) is -0.132. The third-order valence-electron chi connectivity index (χ3n) is 2.30. The van der Waals surface area contributed by atoms with Crippen LogP contribution in [0.1, 0.15) is 12.8 Å². The highest BCUT2D eigenvalue weighted by Gasteiger charge is 2.43. The summed E-state index contributed by atoms with van der Waals surface area (Å²) in [5.41, 5.74) is 0. The van der Waals surface area contributed by atoms with E-state index in [-0.39, 0.29) is 18.9 Å². The minimum Gasteiger partial charge on any atom is -0.481 e.